The van der Waals surface area contributed by atoms with E-state index in [1.54, 1.807) is 18.2 Å². The fourth-order valence-electron chi connectivity index (χ4n) is 1.03. The number of nitrogens with zero attached hydrogens (tertiary/aromatic N) is 3. The van der Waals surface area contributed by atoms with Gasteiger partial charge < -0.3 is 5.43 Å². The average molecular weight is 278 g/mol. The molecule has 1 rings (SSSR count). The lowest BCUT2D eigenvalue weighted by Crippen LogP contribution is -2.15. The van der Waals surface area contributed by atoms with Gasteiger partial charge in [-0.25, -0.2) is 0 Å². The van der Waals surface area contributed by atoms with Crippen molar-refractivity contribution in [3.8, 4) is 18.2 Å². The Bertz CT molecular complexity index is 600. The molecule has 0 spiro atoms. The van der Waals surface area contributed by atoms with Crippen molar-refractivity contribution in [3.63, 3.8) is 0 Å². The van der Waals surface area contributed by atoms with Crippen LogP contribution < -0.4 is 10.9 Å². The number of benzene rings is 1. The van der Waals surface area contributed by atoms with Crippen molar-refractivity contribution in [2.24, 2.45) is 0 Å². The van der Waals surface area contributed by atoms with Gasteiger partial charge in [0.1, 0.15) is 23.8 Å². The molecule has 0 bridgehead atoms. The molecule has 88 valence electrons. The Hall–Kier alpha value is -2.39. The molecule has 0 unspecified atom stereocenters. The standard InChI is InChI=1S/C11H5Cl2N5/c12-9-1-2-10(11(13)8(9)5-16)18-17-6-7(3-14)4-15/h1-2,6,17-18H. The third kappa shape index (κ3) is 3.06. The molecule has 1 aromatic rings. The maximum Gasteiger partial charge on any atom is 0.147 e. The second kappa shape index (κ2) is 6.37. The zero-order valence-electron chi connectivity index (χ0n) is 8.83. The van der Waals surface area contributed by atoms with Gasteiger partial charge in [0.15, 0.2) is 0 Å². The molecule has 0 amide bonds. The van der Waals surface area contributed by atoms with Crippen LogP contribution in [0.3, 0.4) is 0 Å². The van der Waals surface area contributed by atoms with Crippen LogP contribution >= 0.6 is 23.2 Å². The number of hydrazine groups is 1. The van der Waals surface area contributed by atoms with Gasteiger partial charge in [-0.15, -0.1) is 0 Å². The largest absolute Gasteiger partial charge is 0.306 e. The first-order valence-corrected chi connectivity index (χ1v) is 5.29. The second-order valence-corrected chi connectivity index (χ2v) is 3.73. The summed E-state index contributed by atoms with van der Waals surface area (Å²) in [6.07, 6.45) is 1.18. The number of hydrogen-bond donors (Lipinski definition) is 2. The topological polar surface area (TPSA) is 95.4 Å². The van der Waals surface area contributed by atoms with Gasteiger partial charge in [0, 0.05) is 6.20 Å². The van der Waals surface area contributed by atoms with E-state index in [2.05, 4.69) is 10.9 Å². The second-order valence-electron chi connectivity index (χ2n) is 2.95. The van der Waals surface area contributed by atoms with Crippen molar-refractivity contribution in [3.05, 3.63) is 39.5 Å². The Morgan fingerprint density at radius 3 is 2.39 bits per heavy atom. The van der Waals surface area contributed by atoms with Crippen molar-refractivity contribution in [2.75, 3.05) is 5.43 Å². The molecule has 0 fully saturated rings. The molecule has 2 N–H and O–H groups in total. The summed E-state index contributed by atoms with van der Waals surface area (Å²) >= 11 is 11.7. The molecule has 7 heteroatoms. The number of nitrogens with one attached hydrogen (secondary N) is 2. The van der Waals surface area contributed by atoms with Crippen molar-refractivity contribution in [1.82, 2.24) is 5.43 Å². The third-order valence-corrected chi connectivity index (χ3v) is 2.57. The monoisotopic (exact) mass is 277 g/mol. The van der Waals surface area contributed by atoms with Gasteiger partial charge >= 0.3 is 0 Å². The zero-order chi connectivity index (χ0) is 13.5. The van der Waals surface area contributed by atoms with E-state index in [9.17, 15) is 0 Å². The fraction of sp³-hybridized carbons (Fsp3) is 0. The van der Waals surface area contributed by atoms with Crippen LogP contribution in [0.1, 0.15) is 5.56 Å². The maximum absolute atomic E-state index is 8.85. The fourth-order valence-corrected chi connectivity index (χ4v) is 1.53. The van der Waals surface area contributed by atoms with Crippen LogP contribution in [0.5, 0.6) is 0 Å². The van der Waals surface area contributed by atoms with Crippen LogP contribution in [0, 0.1) is 34.0 Å². The van der Waals surface area contributed by atoms with Crippen molar-refractivity contribution < 1.29 is 0 Å². The highest BCUT2D eigenvalue weighted by Crippen LogP contribution is 2.30. The number of anilines is 1. The Balaban J connectivity index is 2.90. The molecule has 0 atom stereocenters. The summed E-state index contributed by atoms with van der Waals surface area (Å²) in [5.74, 6) is 0. The van der Waals surface area contributed by atoms with Gasteiger partial charge in [0.05, 0.1) is 21.3 Å². The van der Waals surface area contributed by atoms with Crippen LogP contribution in [0.15, 0.2) is 23.9 Å². The summed E-state index contributed by atoms with van der Waals surface area (Å²) in [6, 6.07) is 8.29. The van der Waals surface area contributed by atoms with Gasteiger partial charge in [0.2, 0.25) is 0 Å². The van der Waals surface area contributed by atoms with Gasteiger partial charge in [-0.05, 0) is 12.1 Å². The number of nitriles is 3. The van der Waals surface area contributed by atoms with Gasteiger partial charge in [-0.1, -0.05) is 23.2 Å². The predicted molar refractivity (Wildman–Crippen MR) is 67.2 cm³/mol. The van der Waals surface area contributed by atoms with E-state index in [4.69, 9.17) is 39.0 Å². The zero-order valence-corrected chi connectivity index (χ0v) is 10.3. The Kier molecular flexibility index (Phi) is 4.84. The molecule has 0 aliphatic heterocycles. The summed E-state index contributed by atoms with van der Waals surface area (Å²) < 4.78 is 0. The molecule has 0 heterocycles. The Morgan fingerprint density at radius 1 is 1.17 bits per heavy atom. The summed E-state index contributed by atoms with van der Waals surface area (Å²) in [5, 5.41) is 26.3. The first-order chi connectivity index (χ1) is 8.63. The van der Waals surface area contributed by atoms with Crippen molar-refractivity contribution in [1.29, 1.82) is 15.8 Å². The number of halogens is 2. The Morgan fingerprint density at radius 2 is 1.83 bits per heavy atom. The number of allylic oxidation sites excluding steroid dienone is 1. The van der Waals surface area contributed by atoms with Gasteiger partial charge in [-0.3, -0.25) is 5.43 Å². The summed E-state index contributed by atoms with van der Waals surface area (Å²) in [7, 11) is 0. The van der Waals surface area contributed by atoms with Crippen molar-refractivity contribution in [2.45, 2.75) is 0 Å². The van der Waals surface area contributed by atoms with Crippen LogP contribution in [0.4, 0.5) is 5.69 Å². The first kappa shape index (κ1) is 13.7. The van der Waals surface area contributed by atoms with Crippen molar-refractivity contribution >= 4 is 28.9 Å². The minimum absolute atomic E-state index is 0.104. The molecular formula is C11H5Cl2N5. The highest BCUT2D eigenvalue weighted by atomic mass is 35.5. The lowest BCUT2D eigenvalue weighted by Gasteiger charge is -2.09. The van der Waals surface area contributed by atoms with Crippen LogP contribution in [-0.4, -0.2) is 0 Å². The molecular weight excluding hydrogens is 273 g/mol. The van der Waals surface area contributed by atoms with E-state index in [1.165, 1.54) is 12.3 Å². The smallest absolute Gasteiger partial charge is 0.147 e. The quantitative estimate of drug-likeness (QED) is 0.654. The molecule has 0 aliphatic carbocycles. The summed E-state index contributed by atoms with van der Waals surface area (Å²) in [4.78, 5) is 0. The van der Waals surface area contributed by atoms with E-state index in [1.807, 2.05) is 6.07 Å². The maximum atomic E-state index is 8.85. The molecule has 18 heavy (non-hydrogen) atoms. The average Bonchev–Trinajstić information content (AvgIpc) is 2.37. The molecule has 5 nitrogen and oxygen atoms in total. The lowest BCUT2D eigenvalue weighted by atomic mass is 10.2. The summed E-state index contributed by atoms with van der Waals surface area (Å²) in [6.45, 7) is 0. The van der Waals surface area contributed by atoms with Crippen LogP contribution in [0.25, 0.3) is 0 Å². The van der Waals surface area contributed by atoms with E-state index < -0.39 is 0 Å². The SMILES string of the molecule is N#CC(C#N)=CNNc1ccc(Cl)c(C#N)c1Cl. The molecule has 0 saturated heterocycles. The van der Waals surface area contributed by atoms with E-state index in [0.29, 0.717) is 5.69 Å². The normalized spacial score (nSPS) is 8.39. The van der Waals surface area contributed by atoms with Gasteiger partial charge in [-0.2, -0.15) is 15.8 Å². The number of hydrogen-bond acceptors (Lipinski definition) is 5. The van der Waals surface area contributed by atoms with Crippen LogP contribution in [0.2, 0.25) is 10.0 Å². The number of rotatable bonds is 3. The van der Waals surface area contributed by atoms with Gasteiger partial charge in [0.25, 0.3) is 0 Å². The summed E-state index contributed by atoms with van der Waals surface area (Å²) in [5.41, 5.74) is 5.62. The molecule has 1 aromatic carbocycles. The highest BCUT2D eigenvalue weighted by Gasteiger charge is 2.09. The highest BCUT2D eigenvalue weighted by molar-refractivity contribution is 6.38. The minimum atomic E-state index is -0.104. The lowest BCUT2D eigenvalue weighted by molar-refractivity contribution is 1.05. The van der Waals surface area contributed by atoms with E-state index in [-0.39, 0.29) is 21.2 Å². The minimum Gasteiger partial charge on any atom is -0.306 e. The molecule has 0 saturated carbocycles. The predicted octanol–water partition coefficient (Wildman–Crippen LogP) is 2.71. The third-order valence-electron chi connectivity index (χ3n) is 1.87. The molecule has 0 radical (unpaired) electrons. The Labute approximate surface area is 113 Å². The van der Waals surface area contributed by atoms with Crippen LogP contribution in [-0.2, 0) is 0 Å². The van der Waals surface area contributed by atoms with E-state index >= 15 is 0 Å². The van der Waals surface area contributed by atoms with E-state index in [0.717, 1.165) is 0 Å². The molecule has 0 aliphatic rings. The first-order valence-electron chi connectivity index (χ1n) is 4.54. The molecule has 0 aromatic heterocycles.